The van der Waals surface area contributed by atoms with Crippen LogP contribution >= 0.6 is 0 Å². The van der Waals surface area contributed by atoms with Gasteiger partial charge in [-0.15, -0.1) is 0 Å². The Bertz CT molecular complexity index is 493. The van der Waals surface area contributed by atoms with Crippen molar-refractivity contribution in [2.24, 2.45) is 5.14 Å². The lowest BCUT2D eigenvalue weighted by molar-refractivity contribution is 0.0384. The molecular formula is C11H15NO4S. The number of hydrogen-bond donors (Lipinski definition) is 1. The van der Waals surface area contributed by atoms with Crippen LogP contribution in [0.3, 0.4) is 0 Å². The highest BCUT2D eigenvalue weighted by atomic mass is 32.2. The maximum atomic E-state index is 11.6. The molecule has 0 aromatic heterocycles. The van der Waals surface area contributed by atoms with Crippen molar-refractivity contribution in [3.63, 3.8) is 0 Å². The molecule has 0 saturated heterocycles. The van der Waals surface area contributed by atoms with Crippen molar-refractivity contribution >= 4 is 16.0 Å². The Morgan fingerprint density at radius 1 is 1.35 bits per heavy atom. The minimum absolute atomic E-state index is 0.384. The molecule has 0 amide bonds. The third-order valence-electron chi connectivity index (χ3n) is 2.06. The molecule has 0 aliphatic heterocycles. The van der Waals surface area contributed by atoms with Gasteiger partial charge in [-0.2, -0.15) is 0 Å². The molecule has 1 aromatic rings. The fourth-order valence-corrected chi connectivity index (χ4v) is 2.02. The van der Waals surface area contributed by atoms with Gasteiger partial charge in [0.1, 0.15) is 11.9 Å². The lowest BCUT2D eigenvalue weighted by Crippen LogP contribution is -2.28. The maximum Gasteiger partial charge on any atom is 0.338 e. The molecule has 6 heteroatoms. The predicted molar refractivity (Wildman–Crippen MR) is 64.0 cm³/mol. The summed E-state index contributed by atoms with van der Waals surface area (Å²) in [6.07, 6.45) is -0.765. The van der Waals surface area contributed by atoms with Crippen molar-refractivity contribution in [2.45, 2.75) is 20.0 Å². The number of carbonyl (C=O) groups excluding carboxylic acids is 1. The summed E-state index contributed by atoms with van der Waals surface area (Å²) in [7, 11) is -3.64. The van der Waals surface area contributed by atoms with E-state index in [2.05, 4.69) is 0 Å². The highest BCUT2D eigenvalue weighted by molar-refractivity contribution is 7.89. The number of hydrogen-bond acceptors (Lipinski definition) is 4. The Labute approximate surface area is 101 Å². The second-order valence-electron chi connectivity index (χ2n) is 3.91. The van der Waals surface area contributed by atoms with E-state index in [9.17, 15) is 13.2 Å². The Hall–Kier alpha value is -1.40. The van der Waals surface area contributed by atoms with E-state index in [1.54, 1.807) is 24.3 Å². The molecule has 0 bridgehead atoms. The van der Waals surface area contributed by atoms with Crippen LogP contribution in [0.15, 0.2) is 24.3 Å². The van der Waals surface area contributed by atoms with Crippen molar-refractivity contribution in [1.82, 2.24) is 0 Å². The quantitative estimate of drug-likeness (QED) is 0.809. The van der Waals surface area contributed by atoms with Gasteiger partial charge < -0.3 is 4.74 Å². The largest absolute Gasteiger partial charge is 0.458 e. The fraction of sp³-hybridized carbons (Fsp3) is 0.364. The summed E-state index contributed by atoms with van der Waals surface area (Å²) in [5, 5.41) is 4.85. The van der Waals surface area contributed by atoms with E-state index in [1.807, 2.05) is 6.92 Å². The van der Waals surface area contributed by atoms with Crippen LogP contribution in [-0.2, 0) is 14.8 Å². The van der Waals surface area contributed by atoms with E-state index in [1.165, 1.54) is 6.92 Å². The molecule has 0 fully saturated rings. The van der Waals surface area contributed by atoms with Crippen LogP contribution in [0.25, 0.3) is 0 Å². The highest BCUT2D eigenvalue weighted by Crippen LogP contribution is 2.07. The van der Waals surface area contributed by atoms with E-state index in [4.69, 9.17) is 9.88 Å². The number of rotatable bonds is 4. The number of carbonyl (C=O) groups is 1. The number of benzene rings is 1. The third-order valence-corrected chi connectivity index (χ3v) is 3.00. The third kappa shape index (κ3) is 4.97. The van der Waals surface area contributed by atoms with Crippen molar-refractivity contribution in [3.05, 3.63) is 35.4 Å². The highest BCUT2D eigenvalue weighted by Gasteiger charge is 2.16. The molecule has 0 aliphatic carbocycles. The molecule has 1 aromatic carbocycles. The molecule has 0 aliphatic rings. The average molecular weight is 257 g/mol. The molecule has 1 atom stereocenters. The number of esters is 1. The van der Waals surface area contributed by atoms with Crippen LogP contribution in [0.1, 0.15) is 22.8 Å². The zero-order valence-corrected chi connectivity index (χ0v) is 10.5. The van der Waals surface area contributed by atoms with Crippen molar-refractivity contribution in [3.8, 4) is 0 Å². The molecule has 0 radical (unpaired) electrons. The van der Waals surface area contributed by atoms with Crippen LogP contribution in [0, 0.1) is 6.92 Å². The summed E-state index contributed by atoms with van der Waals surface area (Å²) in [4.78, 5) is 11.6. The molecule has 5 nitrogen and oxygen atoms in total. The SMILES string of the molecule is Cc1ccc(C(=O)OC(C)CS(N)(=O)=O)cc1. The van der Waals surface area contributed by atoms with Gasteiger partial charge in [0.05, 0.1) is 5.56 Å². The van der Waals surface area contributed by atoms with Gasteiger partial charge in [0.25, 0.3) is 0 Å². The summed E-state index contributed by atoms with van der Waals surface area (Å²) in [5.74, 6) is -0.939. The van der Waals surface area contributed by atoms with Gasteiger partial charge in [-0.1, -0.05) is 17.7 Å². The van der Waals surface area contributed by atoms with E-state index in [-0.39, 0.29) is 5.75 Å². The normalized spacial score (nSPS) is 13.1. The molecule has 1 rings (SSSR count). The number of primary sulfonamides is 1. The standard InChI is InChI=1S/C11H15NO4S/c1-8-3-5-10(6-4-8)11(13)16-9(2)7-17(12,14)15/h3-6,9H,7H2,1-2H3,(H2,12,14,15). The number of sulfonamides is 1. The minimum Gasteiger partial charge on any atom is -0.458 e. The molecule has 0 spiro atoms. The maximum absolute atomic E-state index is 11.6. The van der Waals surface area contributed by atoms with Crippen LogP contribution in [0.5, 0.6) is 0 Å². The summed E-state index contributed by atoms with van der Waals surface area (Å²) >= 11 is 0. The summed E-state index contributed by atoms with van der Waals surface area (Å²) in [5.41, 5.74) is 1.41. The van der Waals surface area contributed by atoms with Crippen LogP contribution in [-0.4, -0.2) is 26.2 Å². The van der Waals surface area contributed by atoms with Crippen molar-refractivity contribution < 1.29 is 17.9 Å². The van der Waals surface area contributed by atoms with Crippen molar-refractivity contribution in [2.75, 3.05) is 5.75 Å². The van der Waals surface area contributed by atoms with Crippen LogP contribution in [0.4, 0.5) is 0 Å². The molecule has 0 heterocycles. The summed E-state index contributed by atoms with van der Waals surface area (Å²) in [6, 6.07) is 6.81. The number of aryl methyl sites for hydroxylation is 1. The monoisotopic (exact) mass is 257 g/mol. The van der Waals surface area contributed by atoms with E-state index >= 15 is 0 Å². The number of ether oxygens (including phenoxy) is 1. The topological polar surface area (TPSA) is 86.5 Å². The molecule has 1 unspecified atom stereocenters. The Kier molecular flexibility index (Phi) is 4.25. The van der Waals surface area contributed by atoms with Gasteiger partial charge in [0.15, 0.2) is 0 Å². The first kappa shape index (κ1) is 13.7. The first-order chi connectivity index (χ1) is 7.78. The second-order valence-corrected chi connectivity index (χ2v) is 5.57. The second kappa shape index (κ2) is 5.29. The molecule has 94 valence electrons. The lowest BCUT2D eigenvalue weighted by Gasteiger charge is -2.11. The van der Waals surface area contributed by atoms with Crippen LogP contribution < -0.4 is 5.14 Å². The van der Waals surface area contributed by atoms with Gasteiger partial charge in [0.2, 0.25) is 10.0 Å². The first-order valence-corrected chi connectivity index (χ1v) is 6.77. The molecule has 17 heavy (non-hydrogen) atoms. The Balaban J connectivity index is 2.63. The van der Waals surface area contributed by atoms with Crippen molar-refractivity contribution in [1.29, 1.82) is 0 Å². The molecule has 0 saturated carbocycles. The zero-order valence-electron chi connectivity index (χ0n) is 9.71. The fourth-order valence-electron chi connectivity index (χ4n) is 1.30. The smallest absolute Gasteiger partial charge is 0.338 e. The summed E-state index contributed by atoms with van der Waals surface area (Å²) in [6.45, 7) is 3.38. The van der Waals surface area contributed by atoms with E-state index < -0.39 is 22.1 Å². The Morgan fingerprint density at radius 3 is 2.35 bits per heavy atom. The van der Waals surface area contributed by atoms with Gasteiger partial charge in [-0.25, -0.2) is 18.4 Å². The molecular weight excluding hydrogens is 242 g/mol. The van der Waals surface area contributed by atoms with Gasteiger partial charge in [-0.05, 0) is 26.0 Å². The molecule has 2 N–H and O–H groups in total. The summed E-state index contributed by atoms with van der Waals surface area (Å²) < 4.78 is 26.5. The lowest BCUT2D eigenvalue weighted by atomic mass is 10.1. The van der Waals surface area contributed by atoms with Gasteiger partial charge in [0, 0.05) is 0 Å². The van der Waals surface area contributed by atoms with Gasteiger partial charge in [-0.3, -0.25) is 0 Å². The zero-order chi connectivity index (χ0) is 13.1. The predicted octanol–water partition coefficient (Wildman–Crippen LogP) is 0.829. The van der Waals surface area contributed by atoms with Gasteiger partial charge >= 0.3 is 5.97 Å². The number of nitrogens with two attached hydrogens (primary N) is 1. The first-order valence-electron chi connectivity index (χ1n) is 5.06. The van der Waals surface area contributed by atoms with E-state index in [0.717, 1.165) is 5.56 Å². The van der Waals surface area contributed by atoms with E-state index in [0.29, 0.717) is 5.56 Å². The van der Waals surface area contributed by atoms with Crippen LogP contribution in [0.2, 0.25) is 0 Å². The average Bonchev–Trinajstić information content (AvgIpc) is 2.15. The minimum atomic E-state index is -3.64. The Morgan fingerprint density at radius 2 is 1.88 bits per heavy atom.